The summed E-state index contributed by atoms with van der Waals surface area (Å²) in [6, 6.07) is 7.66. The van der Waals surface area contributed by atoms with Gasteiger partial charge in [-0.1, -0.05) is 39.3 Å². The molecule has 0 aliphatic carbocycles. The van der Waals surface area contributed by atoms with Crippen LogP contribution in [-0.4, -0.2) is 22.3 Å². The van der Waals surface area contributed by atoms with Crippen LogP contribution in [0.5, 0.6) is 0 Å². The van der Waals surface area contributed by atoms with E-state index in [0.29, 0.717) is 0 Å². The molecule has 2 rings (SSSR count). The van der Waals surface area contributed by atoms with E-state index < -0.39 is 0 Å². The Morgan fingerprint density at radius 1 is 1.25 bits per heavy atom. The molecule has 1 N–H and O–H groups in total. The largest absolute Gasteiger partial charge is 0.360 e. The van der Waals surface area contributed by atoms with Crippen molar-refractivity contribution in [1.29, 1.82) is 0 Å². The number of nitrogens with one attached hydrogen (secondary N) is 1. The van der Waals surface area contributed by atoms with Gasteiger partial charge in [0.15, 0.2) is 0 Å². The summed E-state index contributed by atoms with van der Waals surface area (Å²) in [5, 5.41) is 4.24. The highest BCUT2D eigenvalue weighted by Crippen LogP contribution is 2.22. The topological polar surface area (TPSA) is 54.9 Å². The average Bonchev–Trinajstić information content (AvgIpc) is 2.51. The van der Waals surface area contributed by atoms with Gasteiger partial charge in [-0.2, -0.15) is 0 Å². The van der Waals surface area contributed by atoms with Crippen LogP contribution in [0.15, 0.2) is 24.3 Å². The molecular formula is C16H21N3O. The molecule has 1 heterocycles. The van der Waals surface area contributed by atoms with Crippen LogP contribution in [0.3, 0.4) is 0 Å². The fourth-order valence-corrected chi connectivity index (χ4v) is 2.12. The zero-order valence-electron chi connectivity index (χ0n) is 12.3. The molecule has 106 valence electrons. The number of aldehydes is 1. The maximum absolute atomic E-state index is 11.3. The Morgan fingerprint density at radius 2 is 2.00 bits per heavy atom. The van der Waals surface area contributed by atoms with Crippen molar-refractivity contribution in [2.24, 2.45) is 5.92 Å². The number of anilines is 1. The van der Waals surface area contributed by atoms with Crippen LogP contribution >= 0.6 is 0 Å². The van der Waals surface area contributed by atoms with E-state index in [1.54, 1.807) is 0 Å². The lowest BCUT2D eigenvalue weighted by atomic mass is 10.0. The highest BCUT2D eigenvalue weighted by Gasteiger charge is 2.17. The van der Waals surface area contributed by atoms with Crippen LogP contribution in [-0.2, 0) is 11.2 Å². The second-order valence-corrected chi connectivity index (χ2v) is 5.05. The minimum atomic E-state index is -0.219. The van der Waals surface area contributed by atoms with Crippen molar-refractivity contribution in [3.8, 4) is 0 Å². The lowest BCUT2D eigenvalue weighted by Crippen LogP contribution is -2.29. The second-order valence-electron chi connectivity index (χ2n) is 5.05. The monoisotopic (exact) mass is 271 g/mol. The van der Waals surface area contributed by atoms with E-state index in [4.69, 9.17) is 0 Å². The summed E-state index contributed by atoms with van der Waals surface area (Å²) in [7, 11) is 0. The fourth-order valence-electron chi connectivity index (χ4n) is 2.12. The first-order valence-corrected chi connectivity index (χ1v) is 7.17. The molecule has 0 saturated heterocycles. The zero-order chi connectivity index (χ0) is 14.5. The maximum Gasteiger partial charge on any atom is 0.142 e. The van der Waals surface area contributed by atoms with Gasteiger partial charge in [-0.05, 0) is 18.1 Å². The molecule has 1 aromatic carbocycles. The van der Waals surface area contributed by atoms with Crippen molar-refractivity contribution >= 4 is 23.0 Å². The number of para-hydroxylation sites is 1. The predicted octanol–water partition coefficient (Wildman–Crippen LogP) is 3.22. The standard InChI is InChI=1S/C16H21N3O/c1-4-11(3)14(10-20)18-16-12-8-6-7-9-13(12)17-15(5-2)19-16/h6-11,14H,4-5H2,1-3H3,(H,17,18,19). The van der Waals surface area contributed by atoms with Crippen LogP contribution < -0.4 is 5.32 Å². The predicted molar refractivity (Wildman–Crippen MR) is 81.8 cm³/mol. The molecule has 20 heavy (non-hydrogen) atoms. The van der Waals surface area contributed by atoms with Gasteiger partial charge in [0.2, 0.25) is 0 Å². The molecule has 1 aromatic heterocycles. The third-order valence-corrected chi connectivity index (χ3v) is 3.67. The smallest absolute Gasteiger partial charge is 0.142 e. The summed E-state index contributed by atoms with van der Waals surface area (Å²) >= 11 is 0. The molecule has 0 spiro atoms. The van der Waals surface area contributed by atoms with Gasteiger partial charge in [-0.3, -0.25) is 0 Å². The molecule has 0 amide bonds. The number of hydrogen-bond acceptors (Lipinski definition) is 4. The van der Waals surface area contributed by atoms with Crippen LogP contribution in [0.1, 0.15) is 33.0 Å². The van der Waals surface area contributed by atoms with Crippen molar-refractivity contribution in [3.63, 3.8) is 0 Å². The number of rotatable bonds is 6. The van der Waals surface area contributed by atoms with Gasteiger partial charge in [-0.15, -0.1) is 0 Å². The molecule has 0 fully saturated rings. The van der Waals surface area contributed by atoms with Gasteiger partial charge in [0.05, 0.1) is 11.6 Å². The summed E-state index contributed by atoms with van der Waals surface area (Å²) in [5.41, 5.74) is 0.913. The quantitative estimate of drug-likeness (QED) is 0.820. The Morgan fingerprint density at radius 3 is 2.65 bits per heavy atom. The number of hydrogen-bond donors (Lipinski definition) is 1. The van der Waals surface area contributed by atoms with Crippen molar-refractivity contribution in [3.05, 3.63) is 30.1 Å². The van der Waals surface area contributed by atoms with Gasteiger partial charge >= 0.3 is 0 Å². The fraction of sp³-hybridized carbons (Fsp3) is 0.438. The van der Waals surface area contributed by atoms with E-state index in [2.05, 4.69) is 29.1 Å². The minimum Gasteiger partial charge on any atom is -0.360 e. The van der Waals surface area contributed by atoms with Crippen molar-refractivity contribution in [2.75, 3.05) is 5.32 Å². The van der Waals surface area contributed by atoms with Gasteiger partial charge in [-0.25, -0.2) is 9.97 Å². The van der Waals surface area contributed by atoms with E-state index in [1.165, 1.54) is 0 Å². The first kappa shape index (κ1) is 14.4. The van der Waals surface area contributed by atoms with E-state index in [1.807, 2.05) is 31.2 Å². The maximum atomic E-state index is 11.3. The molecule has 4 heteroatoms. The van der Waals surface area contributed by atoms with Gasteiger partial charge in [0.1, 0.15) is 17.9 Å². The highest BCUT2D eigenvalue weighted by atomic mass is 16.1. The van der Waals surface area contributed by atoms with Crippen molar-refractivity contribution < 1.29 is 4.79 Å². The number of aromatic nitrogens is 2. The van der Waals surface area contributed by atoms with E-state index in [0.717, 1.165) is 41.7 Å². The van der Waals surface area contributed by atoms with Gasteiger partial charge < -0.3 is 10.1 Å². The molecule has 0 bridgehead atoms. The molecule has 0 aliphatic heterocycles. The third kappa shape index (κ3) is 2.95. The van der Waals surface area contributed by atoms with Crippen molar-refractivity contribution in [2.45, 2.75) is 39.7 Å². The summed E-state index contributed by atoms with van der Waals surface area (Å²) in [6.45, 7) is 6.17. The normalized spacial score (nSPS) is 13.9. The average molecular weight is 271 g/mol. The summed E-state index contributed by atoms with van der Waals surface area (Å²) in [4.78, 5) is 20.4. The Balaban J connectivity index is 2.44. The Bertz CT molecular complexity index is 597. The zero-order valence-corrected chi connectivity index (χ0v) is 12.3. The minimum absolute atomic E-state index is 0.219. The first-order chi connectivity index (χ1) is 9.69. The lowest BCUT2D eigenvalue weighted by molar-refractivity contribution is -0.109. The van der Waals surface area contributed by atoms with E-state index in [-0.39, 0.29) is 12.0 Å². The van der Waals surface area contributed by atoms with Crippen LogP contribution in [0.2, 0.25) is 0 Å². The van der Waals surface area contributed by atoms with Crippen LogP contribution in [0, 0.1) is 5.92 Å². The Kier molecular flexibility index (Phi) is 4.66. The second kappa shape index (κ2) is 6.46. The number of fused-ring (bicyclic) bond motifs is 1. The molecule has 2 atom stereocenters. The van der Waals surface area contributed by atoms with Crippen molar-refractivity contribution in [1.82, 2.24) is 9.97 Å². The van der Waals surface area contributed by atoms with Gasteiger partial charge in [0.25, 0.3) is 0 Å². The molecule has 0 aliphatic rings. The highest BCUT2D eigenvalue weighted by molar-refractivity contribution is 5.90. The SMILES string of the molecule is CCc1nc(NC(C=O)C(C)CC)c2ccccc2n1. The molecule has 0 radical (unpaired) electrons. The third-order valence-electron chi connectivity index (χ3n) is 3.67. The van der Waals surface area contributed by atoms with E-state index in [9.17, 15) is 4.79 Å². The summed E-state index contributed by atoms with van der Waals surface area (Å²) < 4.78 is 0. The summed E-state index contributed by atoms with van der Waals surface area (Å²) in [6.07, 6.45) is 2.69. The number of benzene rings is 1. The summed E-state index contributed by atoms with van der Waals surface area (Å²) in [5.74, 6) is 1.82. The number of aryl methyl sites for hydroxylation is 1. The van der Waals surface area contributed by atoms with Crippen LogP contribution in [0.4, 0.5) is 5.82 Å². The Labute approximate surface area is 119 Å². The molecule has 2 aromatic rings. The van der Waals surface area contributed by atoms with Gasteiger partial charge in [0, 0.05) is 11.8 Å². The number of carbonyl (C=O) groups excluding carboxylic acids is 1. The molecule has 0 saturated carbocycles. The Hall–Kier alpha value is -1.97. The molecular weight excluding hydrogens is 250 g/mol. The van der Waals surface area contributed by atoms with E-state index >= 15 is 0 Å². The van der Waals surface area contributed by atoms with Crippen LogP contribution in [0.25, 0.3) is 10.9 Å². The lowest BCUT2D eigenvalue weighted by Gasteiger charge is -2.20. The molecule has 4 nitrogen and oxygen atoms in total. The number of carbonyl (C=O) groups is 1. The number of nitrogens with zero attached hydrogens (tertiary/aromatic N) is 2. The molecule has 2 unspecified atom stereocenters. The first-order valence-electron chi connectivity index (χ1n) is 7.17.